The minimum Gasteiger partial charge on any atom is -0.360 e. The van der Waals surface area contributed by atoms with Gasteiger partial charge in [0.05, 0.1) is 18.8 Å². The van der Waals surface area contributed by atoms with E-state index in [1.807, 2.05) is 18.2 Å². The van der Waals surface area contributed by atoms with Crippen LogP contribution in [0.25, 0.3) is 0 Å². The van der Waals surface area contributed by atoms with E-state index < -0.39 is 0 Å². The molecule has 5 nitrogen and oxygen atoms in total. The summed E-state index contributed by atoms with van der Waals surface area (Å²) >= 11 is 0. The molecule has 0 aliphatic carbocycles. The van der Waals surface area contributed by atoms with Crippen molar-refractivity contribution in [3.63, 3.8) is 0 Å². The van der Waals surface area contributed by atoms with Gasteiger partial charge >= 0.3 is 0 Å². The number of fused-ring (bicyclic) bond motifs is 1. The summed E-state index contributed by atoms with van der Waals surface area (Å²) in [6.45, 7) is 0.508. The average Bonchev–Trinajstić information content (AvgIpc) is 2.88. The summed E-state index contributed by atoms with van der Waals surface area (Å²) in [4.78, 5) is 12.1. The summed E-state index contributed by atoms with van der Waals surface area (Å²) in [5.74, 6) is 0.735. The van der Waals surface area contributed by atoms with E-state index in [1.54, 1.807) is 12.3 Å². The van der Waals surface area contributed by atoms with E-state index in [4.69, 9.17) is 4.52 Å². The van der Waals surface area contributed by atoms with Crippen LogP contribution >= 0.6 is 0 Å². The van der Waals surface area contributed by atoms with Gasteiger partial charge in [0.25, 0.3) is 0 Å². The topological polar surface area (TPSA) is 67.2 Å². The first-order valence-electron chi connectivity index (χ1n) is 6.34. The van der Waals surface area contributed by atoms with Gasteiger partial charge in [0.15, 0.2) is 0 Å². The van der Waals surface area contributed by atoms with Gasteiger partial charge in [-0.3, -0.25) is 10.1 Å². The minimum atomic E-state index is -0.211. The van der Waals surface area contributed by atoms with E-state index in [0.29, 0.717) is 6.54 Å². The van der Waals surface area contributed by atoms with E-state index in [9.17, 15) is 4.79 Å². The van der Waals surface area contributed by atoms with Gasteiger partial charge in [0, 0.05) is 11.8 Å². The molecular weight excluding hydrogens is 242 g/mol. The van der Waals surface area contributed by atoms with Gasteiger partial charge in [-0.1, -0.05) is 23.4 Å². The molecule has 2 N–H and O–H groups in total. The molecule has 1 unspecified atom stereocenters. The molecule has 2 heterocycles. The molecule has 98 valence electrons. The fourth-order valence-corrected chi connectivity index (χ4v) is 2.26. The van der Waals surface area contributed by atoms with Crippen molar-refractivity contribution in [2.75, 3.05) is 5.32 Å². The van der Waals surface area contributed by atoms with Crippen LogP contribution in [-0.2, 0) is 17.8 Å². The normalized spacial score (nSPS) is 18.5. The number of carbonyl (C=O) groups excluding carboxylic acids is 1. The quantitative estimate of drug-likeness (QED) is 0.878. The molecule has 1 atom stereocenters. The zero-order chi connectivity index (χ0) is 13.1. The Kier molecular flexibility index (Phi) is 3.29. The van der Waals surface area contributed by atoms with Crippen LogP contribution < -0.4 is 10.6 Å². The third-order valence-electron chi connectivity index (χ3n) is 3.31. The predicted octanol–water partition coefficient (Wildman–Crippen LogP) is 1.72. The number of amides is 1. The van der Waals surface area contributed by atoms with Crippen LogP contribution in [0.15, 0.2) is 41.1 Å². The van der Waals surface area contributed by atoms with Crippen molar-refractivity contribution in [1.29, 1.82) is 0 Å². The summed E-state index contributed by atoms with van der Waals surface area (Å²) in [6.07, 6.45) is 3.25. The Balaban J connectivity index is 1.67. The molecule has 1 aliphatic rings. The van der Waals surface area contributed by atoms with E-state index in [1.165, 1.54) is 5.56 Å². The van der Waals surface area contributed by atoms with Crippen LogP contribution in [0.4, 0.5) is 5.69 Å². The molecule has 0 fully saturated rings. The van der Waals surface area contributed by atoms with E-state index in [0.717, 1.165) is 24.3 Å². The van der Waals surface area contributed by atoms with Gasteiger partial charge in [-0.25, -0.2) is 0 Å². The smallest absolute Gasteiger partial charge is 0.241 e. The Hall–Kier alpha value is -2.14. The monoisotopic (exact) mass is 257 g/mol. The number of aryl methyl sites for hydroxylation is 1. The van der Waals surface area contributed by atoms with Crippen molar-refractivity contribution in [3.05, 3.63) is 47.9 Å². The summed E-state index contributed by atoms with van der Waals surface area (Å²) in [5, 5.41) is 9.80. The van der Waals surface area contributed by atoms with E-state index in [-0.39, 0.29) is 11.9 Å². The summed E-state index contributed by atoms with van der Waals surface area (Å²) < 4.78 is 5.01. The first-order valence-corrected chi connectivity index (χ1v) is 6.34. The molecule has 0 saturated heterocycles. The van der Waals surface area contributed by atoms with Crippen molar-refractivity contribution < 1.29 is 9.32 Å². The fraction of sp³-hybridized carbons (Fsp3) is 0.286. The number of carbonyl (C=O) groups is 1. The Morgan fingerprint density at radius 2 is 2.26 bits per heavy atom. The lowest BCUT2D eigenvalue weighted by molar-refractivity contribution is -0.118. The van der Waals surface area contributed by atoms with Crippen LogP contribution in [0.5, 0.6) is 0 Å². The highest BCUT2D eigenvalue weighted by Gasteiger charge is 2.22. The van der Waals surface area contributed by atoms with Crippen molar-refractivity contribution in [3.8, 4) is 0 Å². The van der Waals surface area contributed by atoms with Crippen molar-refractivity contribution in [1.82, 2.24) is 10.5 Å². The number of hydrogen-bond donors (Lipinski definition) is 2. The van der Waals surface area contributed by atoms with Gasteiger partial charge in [0.1, 0.15) is 5.76 Å². The molecule has 19 heavy (non-hydrogen) atoms. The second kappa shape index (κ2) is 5.24. The lowest BCUT2D eigenvalue weighted by Gasteiger charge is -2.13. The molecule has 0 saturated carbocycles. The Morgan fingerprint density at radius 1 is 1.37 bits per heavy atom. The van der Waals surface area contributed by atoms with Crippen LogP contribution in [0.1, 0.15) is 17.7 Å². The summed E-state index contributed by atoms with van der Waals surface area (Å²) in [5.41, 5.74) is 2.09. The Bertz CT molecular complexity index is 564. The van der Waals surface area contributed by atoms with Crippen LogP contribution in [0, 0.1) is 0 Å². The number of nitrogens with zero attached hydrogens (tertiary/aromatic N) is 1. The summed E-state index contributed by atoms with van der Waals surface area (Å²) in [7, 11) is 0. The molecule has 1 amide bonds. The van der Waals surface area contributed by atoms with Gasteiger partial charge in [0.2, 0.25) is 5.91 Å². The van der Waals surface area contributed by atoms with Crippen molar-refractivity contribution in [2.24, 2.45) is 0 Å². The van der Waals surface area contributed by atoms with E-state index >= 15 is 0 Å². The number of rotatable bonds is 3. The highest BCUT2D eigenvalue weighted by atomic mass is 16.5. The van der Waals surface area contributed by atoms with Crippen LogP contribution in [0.2, 0.25) is 0 Å². The second-order valence-corrected chi connectivity index (χ2v) is 4.60. The van der Waals surface area contributed by atoms with Gasteiger partial charge in [-0.2, -0.15) is 0 Å². The first-order chi connectivity index (χ1) is 9.33. The fourth-order valence-electron chi connectivity index (χ4n) is 2.26. The largest absolute Gasteiger partial charge is 0.360 e. The molecule has 1 aromatic heterocycles. The highest BCUT2D eigenvalue weighted by Crippen LogP contribution is 2.21. The maximum absolute atomic E-state index is 12.1. The standard InChI is InChI=1S/C14H15N3O2/c18-14-13(15-9-11-7-8-16-19-11)6-5-10-3-1-2-4-12(10)17-14/h1-4,7-8,13,15H,5-6,9H2,(H,17,18). The second-order valence-electron chi connectivity index (χ2n) is 4.60. The van der Waals surface area contributed by atoms with Gasteiger partial charge in [-0.15, -0.1) is 0 Å². The maximum Gasteiger partial charge on any atom is 0.241 e. The number of hydrogen-bond acceptors (Lipinski definition) is 4. The first kappa shape index (κ1) is 11.9. The van der Waals surface area contributed by atoms with E-state index in [2.05, 4.69) is 21.9 Å². The Labute approximate surface area is 111 Å². The summed E-state index contributed by atoms with van der Waals surface area (Å²) in [6, 6.07) is 9.49. The molecule has 1 aromatic carbocycles. The molecule has 0 spiro atoms. The zero-order valence-corrected chi connectivity index (χ0v) is 10.4. The lowest BCUT2D eigenvalue weighted by atomic mass is 10.1. The number of nitrogens with one attached hydrogen (secondary N) is 2. The van der Waals surface area contributed by atoms with Crippen molar-refractivity contribution in [2.45, 2.75) is 25.4 Å². The van der Waals surface area contributed by atoms with Crippen LogP contribution in [0.3, 0.4) is 0 Å². The van der Waals surface area contributed by atoms with Gasteiger partial charge < -0.3 is 9.84 Å². The number of benzene rings is 1. The average molecular weight is 257 g/mol. The zero-order valence-electron chi connectivity index (χ0n) is 10.4. The molecule has 0 bridgehead atoms. The van der Waals surface area contributed by atoms with Crippen LogP contribution in [-0.4, -0.2) is 17.1 Å². The number of anilines is 1. The number of aromatic nitrogens is 1. The molecule has 2 aromatic rings. The minimum absolute atomic E-state index is 0.00413. The molecule has 0 radical (unpaired) electrons. The Morgan fingerprint density at radius 3 is 3.11 bits per heavy atom. The SMILES string of the molecule is O=C1Nc2ccccc2CCC1NCc1ccno1. The molecule has 1 aliphatic heterocycles. The van der Waals surface area contributed by atoms with Gasteiger partial charge in [-0.05, 0) is 24.5 Å². The van der Waals surface area contributed by atoms with Crippen molar-refractivity contribution >= 4 is 11.6 Å². The molecular formula is C14H15N3O2. The maximum atomic E-state index is 12.1. The molecule has 3 rings (SSSR count). The number of para-hydroxylation sites is 1. The predicted molar refractivity (Wildman–Crippen MR) is 70.5 cm³/mol. The molecule has 5 heteroatoms. The third-order valence-corrected chi connectivity index (χ3v) is 3.31. The highest BCUT2D eigenvalue weighted by molar-refractivity contribution is 5.96. The third kappa shape index (κ3) is 2.66. The lowest BCUT2D eigenvalue weighted by Crippen LogP contribution is -2.39.